The second kappa shape index (κ2) is 4.70. The fraction of sp³-hybridized carbons (Fsp3) is 0.556. The van der Waals surface area contributed by atoms with Gasteiger partial charge in [0, 0.05) is 6.54 Å². The topological polar surface area (TPSA) is 124 Å². The van der Waals surface area contributed by atoms with Gasteiger partial charge in [-0.1, -0.05) is 12.2 Å². The van der Waals surface area contributed by atoms with E-state index < -0.39 is 37.0 Å². The van der Waals surface area contributed by atoms with Crippen molar-refractivity contribution in [3.63, 3.8) is 0 Å². The number of carbonyl (C=O) groups is 2. The van der Waals surface area contributed by atoms with Crippen LogP contribution in [0.2, 0.25) is 0 Å². The minimum atomic E-state index is -4.49. The van der Waals surface area contributed by atoms with E-state index >= 15 is 0 Å². The van der Waals surface area contributed by atoms with Crippen molar-refractivity contribution in [2.24, 2.45) is 5.41 Å². The van der Waals surface area contributed by atoms with Crippen LogP contribution in [-0.4, -0.2) is 45.4 Å². The Hall–Kier alpha value is -1.01. The Kier molecular flexibility index (Phi) is 3.88. The zero-order valence-corrected chi connectivity index (χ0v) is 10.1. The number of carbonyl (C=O) groups excluding carboxylic acids is 1. The average Bonchev–Trinajstić information content (AvgIpc) is 2.15. The number of nitrogens with one attached hydrogen (secondary N) is 1. The van der Waals surface area contributed by atoms with Gasteiger partial charge < -0.3 is 14.9 Å². The zero-order chi connectivity index (χ0) is 13.3. The molecule has 4 N–H and O–H groups in total. The Morgan fingerprint density at radius 1 is 1.53 bits per heavy atom. The van der Waals surface area contributed by atoms with Crippen LogP contribution in [0.1, 0.15) is 6.92 Å². The molecule has 1 aliphatic rings. The van der Waals surface area contributed by atoms with Gasteiger partial charge in [-0.25, -0.2) is 0 Å². The molecule has 0 amide bonds. The summed E-state index contributed by atoms with van der Waals surface area (Å²) in [5.74, 6) is -2.02. The third kappa shape index (κ3) is 3.23. The van der Waals surface area contributed by atoms with E-state index in [2.05, 4.69) is 5.32 Å². The van der Waals surface area contributed by atoms with Gasteiger partial charge in [-0.15, -0.1) is 0 Å². The fourth-order valence-corrected chi connectivity index (χ4v) is 2.47. The number of Topliss-reactive ketones (excluding diaryl/α,β-unsaturated/α-hetero) is 1. The van der Waals surface area contributed by atoms with Crippen molar-refractivity contribution >= 4 is 19.3 Å². The van der Waals surface area contributed by atoms with E-state index in [0.717, 1.165) is 0 Å². The van der Waals surface area contributed by atoms with Gasteiger partial charge in [0.05, 0.1) is 5.41 Å². The highest BCUT2D eigenvalue weighted by Crippen LogP contribution is 2.39. The minimum absolute atomic E-state index is 0.301. The summed E-state index contributed by atoms with van der Waals surface area (Å²) >= 11 is 0. The predicted octanol–water partition coefficient (Wildman–Crippen LogP) is -0.648. The van der Waals surface area contributed by atoms with Gasteiger partial charge in [-0.05, 0) is 6.92 Å². The molecule has 0 aromatic carbocycles. The summed E-state index contributed by atoms with van der Waals surface area (Å²) in [6.45, 7) is 1.65. The van der Waals surface area contributed by atoms with Crippen LogP contribution in [0.3, 0.4) is 0 Å². The highest BCUT2D eigenvalue weighted by molar-refractivity contribution is 7.52. The molecule has 0 aromatic rings. The minimum Gasteiger partial charge on any atom is -0.480 e. The molecule has 0 saturated carbocycles. The van der Waals surface area contributed by atoms with Crippen LogP contribution in [0.25, 0.3) is 0 Å². The third-order valence-corrected chi connectivity index (χ3v) is 3.40. The van der Waals surface area contributed by atoms with Crippen molar-refractivity contribution in [1.29, 1.82) is 0 Å². The molecule has 0 saturated heterocycles. The monoisotopic (exact) mass is 263 g/mol. The summed E-state index contributed by atoms with van der Waals surface area (Å²) in [4.78, 5) is 40.3. The molecule has 2 atom stereocenters. The molecule has 0 bridgehead atoms. The predicted molar refractivity (Wildman–Crippen MR) is 58.6 cm³/mol. The Balaban J connectivity index is 3.01. The van der Waals surface area contributed by atoms with Crippen LogP contribution < -0.4 is 5.32 Å². The summed E-state index contributed by atoms with van der Waals surface area (Å²) in [6, 6.07) is -1.17. The van der Waals surface area contributed by atoms with Gasteiger partial charge in [-0.3, -0.25) is 19.5 Å². The molecule has 0 aliphatic carbocycles. The van der Waals surface area contributed by atoms with Gasteiger partial charge in [0.15, 0.2) is 5.78 Å². The summed E-state index contributed by atoms with van der Waals surface area (Å²) in [5, 5.41) is 11.6. The third-order valence-electron chi connectivity index (χ3n) is 2.70. The molecule has 96 valence electrons. The van der Waals surface area contributed by atoms with Gasteiger partial charge in [-0.2, -0.15) is 0 Å². The van der Waals surface area contributed by atoms with Crippen molar-refractivity contribution in [1.82, 2.24) is 5.32 Å². The fourth-order valence-electron chi connectivity index (χ4n) is 1.75. The summed E-state index contributed by atoms with van der Waals surface area (Å²) in [6.07, 6.45) is 2.00. The van der Waals surface area contributed by atoms with Crippen LogP contribution in [0, 0.1) is 5.41 Å². The lowest BCUT2D eigenvalue weighted by atomic mass is 9.76. The lowest BCUT2D eigenvalue weighted by molar-refractivity contribution is -0.145. The van der Waals surface area contributed by atoms with E-state index in [9.17, 15) is 14.2 Å². The molecule has 0 aromatic heterocycles. The van der Waals surface area contributed by atoms with E-state index in [1.807, 2.05) is 0 Å². The first-order valence-electron chi connectivity index (χ1n) is 4.88. The van der Waals surface area contributed by atoms with Crippen LogP contribution in [0.4, 0.5) is 0 Å². The number of aliphatic carboxylic acids is 1. The number of carboxylic acids is 1. The van der Waals surface area contributed by atoms with E-state index in [1.165, 1.54) is 13.0 Å². The van der Waals surface area contributed by atoms with E-state index in [4.69, 9.17) is 14.9 Å². The number of carboxylic acid groups (broad SMARTS) is 1. The number of hydrogen-bond acceptors (Lipinski definition) is 4. The molecule has 0 spiro atoms. The average molecular weight is 263 g/mol. The summed E-state index contributed by atoms with van der Waals surface area (Å²) in [7, 11) is -4.49. The van der Waals surface area contributed by atoms with Gasteiger partial charge in [0.2, 0.25) is 0 Å². The van der Waals surface area contributed by atoms with Crippen LogP contribution in [0.15, 0.2) is 12.2 Å². The van der Waals surface area contributed by atoms with E-state index in [0.29, 0.717) is 6.54 Å². The van der Waals surface area contributed by atoms with Crippen molar-refractivity contribution in [2.75, 3.05) is 12.7 Å². The van der Waals surface area contributed by atoms with Gasteiger partial charge in [0.1, 0.15) is 12.2 Å². The quantitative estimate of drug-likeness (QED) is 0.392. The zero-order valence-electron chi connectivity index (χ0n) is 9.16. The summed E-state index contributed by atoms with van der Waals surface area (Å²) < 4.78 is 10.8. The Morgan fingerprint density at radius 3 is 2.59 bits per heavy atom. The molecule has 0 radical (unpaired) electrons. The van der Waals surface area contributed by atoms with Crippen molar-refractivity contribution in [2.45, 2.75) is 13.0 Å². The second-order valence-corrected chi connectivity index (χ2v) is 5.76. The van der Waals surface area contributed by atoms with Crippen LogP contribution >= 0.6 is 7.60 Å². The van der Waals surface area contributed by atoms with E-state index in [-0.39, 0.29) is 0 Å². The Labute approximate surface area is 97.7 Å². The molecular formula is C9H14NO6P. The molecule has 17 heavy (non-hydrogen) atoms. The SMILES string of the molecule is C[C@@]1(C(=O)CP(=O)(O)O)C=CCN[C@H]1C(=O)O. The number of ketones is 1. The highest BCUT2D eigenvalue weighted by Gasteiger charge is 2.45. The van der Waals surface area contributed by atoms with Crippen molar-refractivity contribution in [3.05, 3.63) is 12.2 Å². The molecule has 1 rings (SSSR count). The molecular weight excluding hydrogens is 249 g/mol. The van der Waals surface area contributed by atoms with Gasteiger partial charge in [0.25, 0.3) is 0 Å². The maximum atomic E-state index is 11.8. The molecule has 0 fully saturated rings. The molecule has 1 heterocycles. The number of rotatable bonds is 4. The normalized spacial score (nSPS) is 29.0. The first-order valence-corrected chi connectivity index (χ1v) is 6.68. The second-order valence-electron chi connectivity index (χ2n) is 4.11. The van der Waals surface area contributed by atoms with Crippen molar-refractivity contribution < 1.29 is 29.0 Å². The van der Waals surface area contributed by atoms with E-state index in [1.54, 1.807) is 6.08 Å². The Morgan fingerprint density at radius 2 is 2.12 bits per heavy atom. The smallest absolute Gasteiger partial charge is 0.332 e. The van der Waals surface area contributed by atoms with Gasteiger partial charge >= 0.3 is 13.6 Å². The summed E-state index contributed by atoms with van der Waals surface area (Å²) in [5.41, 5.74) is -1.44. The lowest BCUT2D eigenvalue weighted by Gasteiger charge is -2.34. The first-order chi connectivity index (χ1) is 7.67. The highest BCUT2D eigenvalue weighted by atomic mass is 31.2. The number of hydrogen-bond donors (Lipinski definition) is 4. The van der Waals surface area contributed by atoms with Crippen molar-refractivity contribution in [3.8, 4) is 0 Å². The maximum Gasteiger partial charge on any atom is 0.332 e. The largest absolute Gasteiger partial charge is 0.480 e. The maximum absolute atomic E-state index is 11.8. The molecule has 1 aliphatic heterocycles. The Bertz CT molecular complexity index is 414. The standard InChI is InChI=1S/C9H14NO6P/c1-9(6(11)5-17(14,15)16)3-2-4-10-7(9)8(12)13/h2-3,7,10H,4-5H2,1H3,(H,12,13)(H2,14,15,16)/t7-,9-/m0/s1. The van der Waals surface area contributed by atoms with Crippen LogP contribution in [0.5, 0.6) is 0 Å². The lowest BCUT2D eigenvalue weighted by Crippen LogP contribution is -2.55. The van der Waals surface area contributed by atoms with Crippen LogP contribution in [-0.2, 0) is 14.2 Å². The first kappa shape index (κ1) is 14.1. The molecule has 8 heteroatoms. The molecule has 7 nitrogen and oxygen atoms in total. The molecule has 0 unspecified atom stereocenters.